The number of aliphatic carboxylic acids is 1. The third-order valence-corrected chi connectivity index (χ3v) is 5.90. The number of carboxylic acids is 1. The Hall–Kier alpha value is -1.12. The second kappa shape index (κ2) is 3.94. The number of fused-ring (bicyclic) bond motifs is 1. The first-order chi connectivity index (χ1) is 8.22. The van der Waals surface area contributed by atoms with E-state index in [-0.39, 0.29) is 23.0 Å². The van der Waals surface area contributed by atoms with Gasteiger partial charge in [0, 0.05) is 12.0 Å². The standard InChI is InChI=1S/C15H22O3/c1-9-5-6-14(3)10(2)11(7-13(17)18)12(16)8-15(9,14)4/h9H,5-8H2,1-4H3,(H,17,18)/t9-,14+,15+/m1/s1. The Morgan fingerprint density at radius 2 is 2.06 bits per heavy atom. The zero-order valence-electron chi connectivity index (χ0n) is 11.7. The van der Waals surface area contributed by atoms with Crippen LogP contribution in [0.2, 0.25) is 0 Å². The van der Waals surface area contributed by atoms with Gasteiger partial charge in [-0.3, -0.25) is 9.59 Å². The molecule has 2 aliphatic rings. The fourth-order valence-electron chi connectivity index (χ4n) is 4.00. The molecule has 0 bridgehead atoms. The minimum Gasteiger partial charge on any atom is -0.481 e. The number of hydrogen-bond acceptors (Lipinski definition) is 2. The van der Waals surface area contributed by atoms with Crippen LogP contribution in [0.5, 0.6) is 0 Å². The number of carbonyl (C=O) groups excluding carboxylic acids is 1. The van der Waals surface area contributed by atoms with Crippen molar-refractivity contribution in [1.82, 2.24) is 0 Å². The van der Waals surface area contributed by atoms with Crippen molar-refractivity contribution in [2.45, 2.75) is 53.4 Å². The maximum absolute atomic E-state index is 12.3. The largest absolute Gasteiger partial charge is 0.481 e. The van der Waals surface area contributed by atoms with Gasteiger partial charge in [-0.1, -0.05) is 26.3 Å². The molecular weight excluding hydrogens is 228 g/mol. The number of hydrogen-bond donors (Lipinski definition) is 1. The van der Waals surface area contributed by atoms with E-state index in [1.54, 1.807) is 0 Å². The highest BCUT2D eigenvalue weighted by Crippen LogP contribution is 2.64. The van der Waals surface area contributed by atoms with Crippen LogP contribution in [0.1, 0.15) is 53.4 Å². The molecule has 0 saturated heterocycles. The van der Waals surface area contributed by atoms with Crippen molar-refractivity contribution in [3.63, 3.8) is 0 Å². The molecule has 1 fully saturated rings. The lowest BCUT2D eigenvalue weighted by molar-refractivity contribution is -0.137. The van der Waals surface area contributed by atoms with Crippen LogP contribution in [0.25, 0.3) is 0 Å². The third kappa shape index (κ3) is 1.56. The first-order valence-electron chi connectivity index (χ1n) is 6.67. The number of carbonyl (C=O) groups is 2. The third-order valence-electron chi connectivity index (χ3n) is 5.90. The molecule has 0 radical (unpaired) electrons. The van der Waals surface area contributed by atoms with Crippen molar-refractivity contribution in [3.8, 4) is 0 Å². The molecule has 0 heterocycles. The Labute approximate surface area is 108 Å². The summed E-state index contributed by atoms with van der Waals surface area (Å²) in [4.78, 5) is 23.2. The van der Waals surface area contributed by atoms with Crippen LogP contribution in [0.15, 0.2) is 11.1 Å². The Morgan fingerprint density at radius 1 is 1.44 bits per heavy atom. The van der Waals surface area contributed by atoms with E-state index in [9.17, 15) is 9.59 Å². The van der Waals surface area contributed by atoms with E-state index in [0.29, 0.717) is 17.9 Å². The van der Waals surface area contributed by atoms with Crippen molar-refractivity contribution in [2.75, 3.05) is 0 Å². The lowest BCUT2D eigenvalue weighted by Gasteiger charge is -2.48. The molecule has 100 valence electrons. The van der Waals surface area contributed by atoms with E-state index in [1.165, 1.54) is 0 Å². The van der Waals surface area contributed by atoms with Gasteiger partial charge in [0.05, 0.1) is 6.42 Å². The molecule has 0 aromatic rings. The number of allylic oxidation sites excluding steroid dienone is 1. The van der Waals surface area contributed by atoms with Gasteiger partial charge < -0.3 is 5.11 Å². The van der Waals surface area contributed by atoms with Crippen molar-refractivity contribution >= 4 is 11.8 Å². The zero-order chi connectivity index (χ0) is 13.7. The van der Waals surface area contributed by atoms with Crippen LogP contribution in [0.3, 0.4) is 0 Å². The van der Waals surface area contributed by atoms with Crippen LogP contribution >= 0.6 is 0 Å². The van der Waals surface area contributed by atoms with Crippen molar-refractivity contribution in [2.24, 2.45) is 16.7 Å². The average molecular weight is 250 g/mol. The predicted molar refractivity (Wildman–Crippen MR) is 69.2 cm³/mol. The Morgan fingerprint density at radius 3 is 2.61 bits per heavy atom. The van der Waals surface area contributed by atoms with Crippen LogP contribution in [-0.4, -0.2) is 16.9 Å². The van der Waals surface area contributed by atoms with Crippen LogP contribution < -0.4 is 0 Å². The quantitative estimate of drug-likeness (QED) is 0.818. The lowest BCUT2D eigenvalue weighted by atomic mass is 9.55. The van der Waals surface area contributed by atoms with E-state index in [0.717, 1.165) is 18.4 Å². The van der Waals surface area contributed by atoms with E-state index < -0.39 is 5.97 Å². The molecule has 1 saturated carbocycles. The van der Waals surface area contributed by atoms with Crippen molar-refractivity contribution in [3.05, 3.63) is 11.1 Å². The summed E-state index contributed by atoms with van der Waals surface area (Å²) in [5.41, 5.74) is 1.56. The highest BCUT2D eigenvalue weighted by Gasteiger charge is 2.57. The van der Waals surface area contributed by atoms with E-state index >= 15 is 0 Å². The molecule has 2 rings (SSSR count). The summed E-state index contributed by atoms with van der Waals surface area (Å²) in [5, 5.41) is 8.96. The van der Waals surface area contributed by atoms with Gasteiger partial charge in [0.25, 0.3) is 0 Å². The van der Waals surface area contributed by atoms with Gasteiger partial charge in [-0.15, -0.1) is 0 Å². The van der Waals surface area contributed by atoms with Crippen molar-refractivity contribution < 1.29 is 14.7 Å². The zero-order valence-corrected chi connectivity index (χ0v) is 11.7. The number of Topliss-reactive ketones (excluding diaryl/α,β-unsaturated/α-hetero) is 1. The molecule has 0 unspecified atom stereocenters. The van der Waals surface area contributed by atoms with Gasteiger partial charge in [0.2, 0.25) is 0 Å². The summed E-state index contributed by atoms with van der Waals surface area (Å²) in [6, 6.07) is 0. The summed E-state index contributed by atoms with van der Waals surface area (Å²) < 4.78 is 0. The van der Waals surface area contributed by atoms with Crippen LogP contribution in [0.4, 0.5) is 0 Å². The van der Waals surface area contributed by atoms with Gasteiger partial charge in [-0.05, 0) is 36.5 Å². The van der Waals surface area contributed by atoms with Gasteiger partial charge in [-0.25, -0.2) is 0 Å². The normalized spacial score (nSPS) is 40.0. The lowest BCUT2D eigenvalue weighted by Crippen LogP contribution is -2.43. The Balaban J connectivity index is 2.52. The Bertz CT molecular complexity index is 449. The molecule has 3 atom stereocenters. The van der Waals surface area contributed by atoms with Crippen LogP contribution in [-0.2, 0) is 9.59 Å². The molecule has 2 aliphatic carbocycles. The predicted octanol–water partition coefficient (Wildman–Crippen LogP) is 3.19. The fraction of sp³-hybridized carbons (Fsp3) is 0.733. The van der Waals surface area contributed by atoms with Gasteiger partial charge >= 0.3 is 5.97 Å². The average Bonchev–Trinajstić information content (AvgIpc) is 2.50. The van der Waals surface area contributed by atoms with Gasteiger partial charge in [0.1, 0.15) is 0 Å². The molecule has 0 aromatic heterocycles. The van der Waals surface area contributed by atoms with E-state index in [4.69, 9.17) is 5.11 Å². The fourth-order valence-corrected chi connectivity index (χ4v) is 4.00. The monoisotopic (exact) mass is 250 g/mol. The second-order valence-corrected chi connectivity index (χ2v) is 6.46. The molecule has 3 heteroatoms. The summed E-state index contributed by atoms with van der Waals surface area (Å²) >= 11 is 0. The minimum atomic E-state index is -0.907. The summed E-state index contributed by atoms with van der Waals surface area (Å²) in [6.07, 6.45) is 2.57. The van der Waals surface area contributed by atoms with Crippen LogP contribution in [0, 0.1) is 16.7 Å². The minimum absolute atomic E-state index is 0.00380. The van der Waals surface area contributed by atoms with Gasteiger partial charge in [-0.2, -0.15) is 0 Å². The summed E-state index contributed by atoms with van der Waals surface area (Å²) in [7, 11) is 0. The van der Waals surface area contributed by atoms with Gasteiger partial charge in [0.15, 0.2) is 5.78 Å². The van der Waals surface area contributed by atoms with Crippen molar-refractivity contribution in [1.29, 1.82) is 0 Å². The number of ketones is 1. The molecule has 1 N–H and O–H groups in total. The summed E-state index contributed by atoms with van der Waals surface area (Å²) in [5.74, 6) is -0.340. The number of rotatable bonds is 2. The maximum Gasteiger partial charge on any atom is 0.307 e. The molecule has 0 aromatic carbocycles. The highest BCUT2D eigenvalue weighted by molar-refractivity contribution is 6.01. The van der Waals surface area contributed by atoms with E-state index in [1.807, 2.05) is 6.92 Å². The smallest absolute Gasteiger partial charge is 0.307 e. The summed E-state index contributed by atoms with van der Waals surface area (Å²) in [6.45, 7) is 8.59. The Kier molecular flexibility index (Phi) is 2.91. The number of carboxylic acid groups (broad SMARTS) is 1. The molecule has 3 nitrogen and oxygen atoms in total. The SMILES string of the molecule is CC1=C(CC(=O)O)C(=O)C[C@@]2(C)[C@H](C)CC[C@@]12C. The molecule has 18 heavy (non-hydrogen) atoms. The molecule has 0 spiro atoms. The topological polar surface area (TPSA) is 54.4 Å². The first-order valence-corrected chi connectivity index (χ1v) is 6.67. The molecular formula is C15H22O3. The maximum atomic E-state index is 12.3. The molecule has 0 aliphatic heterocycles. The highest BCUT2D eigenvalue weighted by atomic mass is 16.4. The first kappa shape index (κ1) is 13.3. The van der Waals surface area contributed by atoms with E-state index in [2.05, 4.69) is 20.8 Å². The molecule has 0 amide bonds. The second-order valence-electron chi connectivity index (χ2n) is 6.46.